The number of carboxylic acid groups (broad SMARTS) is 1. The molecule has 5 nitrogen and oxygen atoms in total. The normalized spacial score (nSPS) is 22.3. The van der Waals surface area contributed by atoms with E-state index in [4.69, 9.17) is 4.74 Å². The first-order chi connectivity index (χ1) is 11.7. The molecule has 2 aliphatic heterocycles. The summed E-state index contributed by atoms with van der Waals surface area (Å²) in [4.78, 5) is 16.6. The summed E-state index contributed by atoms with van der Waals surface area (Å²) in [5.41, 5.74) is 1.60. The van der Waals surface area contributed by atoms with Crippen molar-refractivity contribution in [2.45, 2.75) is 46.4 Å². The minimum absolute atomic E-state index is 0.132. The monoisotopic (exact) mass is 368 g/mol. The summed E-state index contributed by atoms with van der Waals surface area (Å²) >= 11 is 1.71. The Labute approximate surface area is 156 Å². The van der Waals surface area contributed by atoms with Crippen LogP contribution in [0.25, 0.3) is 0 Å². The summed E-state index contributed by atoms with van der Waals surface area (Å²) in [5, 5.41) is 9.66. The van der Waals surface area contributed by atoms with Crippen LogP contribution in [0.5, 0.6) is 0 Å². The van der Waals surface area contributed by atoms with Crippen molar-refractivity contribution >= 4 is 17.7 Å². The van der Waals surface area contributed by atoms with Gasteiger partial charge in [-0.1, -0.05) is 27.7 Å². The summed E-state index contributed by atoms with van der Waals surface area (Å²) in [6, 6.07) is 0. The maximum atomic E-state index is 11.9. The summed E-state index contributed by atoms with van der Waals surface area (Å²) in [5.74, 6) is 1.24. The first kappa shape index (κ1) is 20.2. The number of carbonyl (C=O) groups is 1. The van der Waals surface area contributed by atoms with E-state index in [-0.39, 0.29) is 10.8 Å². The van der Waals surface area contributed by atoms with E-state index < -0.39 is 5.97 Å². The maximum absolute atomic E-state index is 11.9. The van der Waals surface area contributed by atoms with Crippen LogP contribution < -0.4 is 0 Å². The number of thioether (sulfide) groups is 1. The molecular weight excluding hydrogens is 336 g/mol. The minimum Gasteiger partial charge on any atom is -0.478 e. The van der Waals surface area contributed by atoms with Gasteiger partial charge in [-0.05, 0) is 36.2 Å². The first-order valence-corrected chi connectivity index (χ1v) is 10.2. The molecule has 2 aliphatic rings. The van der Waals surface area contributed by atoms with Crippen molar-refractivity contribution in [3.05, 3.63) is 23.0 Å². The van der Waals surface area contributed by atoms with E-state index in [1.165, 1.54) is 0 Å². The molecule has 6 heteroatoms. The molecule has 0 saturated carbocycles. The molecule has 1 saturated heterocycles. The Kier molecular flexibility index (Phi) is 6.86. The number of carboxylic acids is 1. The van der Waals surface area contributed by atoms with Gasteiger partial charge >= 0.3 is 5.97 Å². The third kappa shape index (κ3) is 5.17. The van der Waals surface area contributed by atoms with Gasteiger partial charge in [-0.15, -0.1) is 11.8 Å². The largest absolute Gasteiger partial charge is 0.478 e. The molecule has 1 atom stereocenters. The summed E-state index contributed by atoms with van der Waals surface area (Å²) < 4.78 is 5.50. The fraction of sp³-hybridized carbons (Fsp3) is 0.737. The Morgan fingerprint density at radius 1 is 1.36 bits per heavy atom. The van der Waals surface area contributed by atoms with Crippen molar-refractivity contribution in [2.24, 2.45) is 5.41 Å². The van der Waals surface area contributed by atoms with Crippen LogP contribution in [0.2, 0.25) is 0 Å². The SMILES string of the molecule is CCSC1C(C(=O)O)=C(C)C=C(N2CCOCC2)N1CCC(C)(C)C. The molecule has 0 aliphatic carbocycles. The molecule has 25 heavy (non-hydrogen) atoms. The van der Waals surface area contributed by atoms with E-state index in [1.807, 2.05) is 6.92 Å². The smallest absolute Gasteiger partial charge is 0.334 e. The number of hydrogen-bond donors (Lipinski definition) is 1. The first-order valence-electron chi connectivity index (χ1n) is 9.11. The highest BCUT2D eigenvalue weighted by atomic mass is 32.2. The van der Waals surface area contributed by atoms with Gasteiger partial charge in [-0.25, -0.2) is 4.79 Å². The van der Waals surface area contributed by atoms with Crippen molar-refractivity contribution in [3.63, 3.8) is 0 Å². The second kappa shape index (κ2) is 8.49. The van der Waals surface area contributed by atoms with Crippen LogP contribution >= 0.6 is 11.8 Å². The molecule has 142 valence electrons. The van der Waals surface area contributed by atoms with Crippen molar-refractivity contribution < 1.29 is 14.6 Å². The lowest BCUT2D eigenvalue weighted by atomic mass is 9.91. The summed E-state index contributed by atoms with van der Waals surface area (Å²) in [6.45, 7) is 14.7. The Bertz CT molecular complexity index is 545. The van der Waals surface area contributed by atoms with Crippen LogP contribution in [-0.4, -0.2) is 64.9 Å². The molecule has 0 aromatic heterocycles. The number of nitrogens with zero attached hydrogens (tertiary/aromatic N) is 2. The van der Waals surface area contributed by atoms with E-state index in [2.05, 4.69) is 43.6 Å². The number of aliphatic carboxylic acids is 1. The number of allylic oxidation sites excluding steroid dienone is 2. The van der Waals surface area contributed by atoms with E-state index >= 15 is 0 Å². The molecule has 0 bridgehead atoms. The van der Waals surface area contributed by atoms with Gasteiger partial charge in [0.15, 0.2) is 0 Å². The average Bonchev–Trinajstić information content (AvgIpc) is 2.53. The molecule has 1 N–H and O–H groups in total. The fourth-order valence-corrected chi connectivity index (χ4v) is 4.35. The van der Waals surface area contributed by atoms with Gasteiger partial charge in [-0.3, -0.25) is 0 Å². The van der Waals surface area contributed by atoms with Crippen LogP contribution in [0.1, 0.15) is 41.0 Å². The highest BCUT2D eigenvalue weighted by Gasteiger charge is 2.36. The molecular formula is C19H32N2O3S. The second-order valence-electron chi connectivity index (χ2n) is 7.82. The Morgan fingerprint density at radius 2 is 2.00 bits per heavy atom. The lowest BCUT2D eigenvalue weighted by Crippen LogP contribution is -2.48. The second-order valence-corrected chi connectivity index (χ2v) is 9.17. The lowest BCUT2D eigenvalue weighted by molar-refractivity contribution is -0.133. The predicted octanol–water partition coefficient (Wildman–Crippen LogP) is 3.39. The predicted molar refractivity (Wildman–Crippen MR) is 104 cm³/mol. The number of ether oxygens (including phenoxy) is 1. The van der Waals surface area contributed by atoms with Gasteiger partial charge in [0.1, 0.15) is 11.2 Å². The Morgan fingerprint density at radius 3 is 2.52 bits per heavy atom. The van der Waals surface area contributed by atoms with Crippen LogP contribution in [0.4, 0.5) is 0 Å². The average molecular weight is 369 g/mol. The van der Waals surface area contributed by atoms with Crippen molar-refractivity contribution in [1.82, 2.24) is 9.80 Å². The molecule has 2 heterocycles. The van der Waals surface area contributed by atoms with Crippen molar-refractivity contribution in [1.29, 1.82) is 0 Å². The Hall–Kier alpha value is -1.14. The highest BCUT2D eigenvalue weighted by molar-refractivity contribution is 8.00. The molecule has 0 amide bonds. The standard InChI is InChI=1S/C19H32N2O3S/c1-6-25-17-16(18(22)23)14(2)13-15(20-9-11-24-12-10-20)21(17)8-7-19(3,4)5/h13,17H,6-12H2,1-5H3,(H,22,23). The highest BCUT2D eigenvalue weighted by Crippen LogP contribution is 2.36. The molecule has 0 aromatic carbocycles. The molecule has 0 spiro atoms. The van der Waals surface area contributed by atoms with Crippen molar-refractivity contribution in [3.8, 4) is 0 Å². The minimum atomic E-state index is -0.804. The van der Waals surface area contributed by atoms with Crippen LogP contribution in [0.15, 0.2) is 23.0 Å². The van der Waals surface area contributed by atoms with Crippen molar-refractivity contribution in [2.75, 3.05) is 38.6 Å². The van der Waals surface area contributed by atoms with Gasteiger partial charge in [0, 0.05) is 19.6 Å². The van der Waals surface area contributed by atoms with Crippen LogP contribution in [0.3, 0.4) is 0 Å². The molecule has 0 radical (unpaired) electrons. The zero-order valence-corrected chi connectivity index (χ0v) is 17.0. The zero-order valence-electron chi connectivity index (χ0n) is 16.2. The summed E-state index contributed by atoms with van der Waals surface area (Å²) in [7, 11) is 0. The summed E-state index contributed by atoms with van der Waals surface area (Å²) in [6.07, 6.45) is 3.07. The zero-order chi connectivity index (χ0) is 18.6. The van der Waals surface area contributed by atoms with Crippen LogP contribution in [-0.2, 0) is 9.53 Å². The molecule has 0 aromatic rings. The van der Waals surface area contributed by atoms with Gasteiger partial charge in [0.05, 0.1) is 18.8 Å². The van der Waals surface area contributed by atoms with E-state index in [0.29, 0.717) is 5.57 Å². The molecule has 2 rings (SSSR count). The van der Waals surface area contributed by atoms with E-state index in [9.17, 15) is 9.90 Å². The van der Waals surface area contributed by atoms with Gasteiger partial charge in [-0.2, -0.15) is 0 Å². The third-order valence-corrected chi connectivity index (χ3v) is 5.73. The molecule has 1 fully saturated rings. The fourth-order valence-electron chi connectivity index (χ4n) is 3.18. The van der Waals surface area contributed by atoms with Gasteiger partial charge < -0.3 is 19.6 Å². The third-order valence-electron chi connectivity index (χ3n) is 4.59. The van der Waals surface area contributed by atoms with E-state index in [1.54, 1.807) is 11.8 Å². The maximum Gasteiger partial charge on any atom is 0.334 e. The molecule has 1 unspecified atom stereocenters. The number of morpholine rings is 1. The van der Waals surface area contributed by atoms with E-state index in [0.717, 1.165) is 56.4 Å². The topological polar surface area (TPSA) is 53.0 Å². The number of hydrogen-bond acceptors (Lipinski definition) is 5. The quantitative estimate of drug-likeness (QED) is 0.776. The number of rotatable bonds is 6. The van der Waals surface area contributed by atoms with Gasteiger partial charge in [0.25, 0.3) is 0 Å². The van der Waals surface area contributed by atoms with Gasteiger partial charge in [0.2, 0.25) is 0 Å². The Balaban J connectivity index is 2.38. The van der Waals surface area contributed by atoms with Crippen LogP contribution in [0, 0.1) is 5.41 Å². The lowest BCUT2D eigenvalue weighted by Gasteiger charge is -2.45.